The fraction of sp³-hybridized carbons (Fsp3) is 0.0667. The SMILES string of the molecule is Cc1nc2ccccc2nc1Oc1ccc(F)cc1F. The molecule has 0 saturated heterocycles. The van der Waals surface area contributed by atoms with Crippen LogP contribution in [-0.4, -0.2) is 9.97 Å². The molecule has 1 aromatic heterocycles. The van der Waals surface area contributed by atoms with E-state index in [0.29, 0.717) is 11.2 Å². The minimum absolute atomic E-state index is 0.0842. The normalized spacial score (nSPS) is 10.8. The van der Waals surface area contributed by atoms with Crippen molar-refractivity contribution in [1.82, 2.24) is 9.97 Å². The van der Waals surface area contributed by atoms with Gasteiger partial charge in [-0.15, -0.1) is 0 Å². The molecule has 0 aliphatic heterocycles. The number of fused-ring (bicyclic) bond motifs is 1. The van der Waals surface area contributed by atoms with Crippen LogP contribution in [0.25, 0.3) is 11.0 Å². The van der Waals surface area contributed by atoms with Crippen LogP contribution in [-0.2, 0) is 0 Å². The van der Waals surface area contributed by atoms with Gasteiger partial charge in [0, 0.05) is 6.07 Å². The fourth-order valence-electron chi connectivity index (χ4n) is 1.83. The second kappa shape index (κ2) is 4.85. The van der Waals surface area contributed by atoms with Gasteiger partial charge in [-0.1, -0.05) is 12.1 Å². The third-order valence-corrected chi connectivity index (χ3v) is 2.80. The van der Waals surface area contributed by atoms with Crippen LogP contribution in [0.3, 0.4) is 0 Å². The Morgan fingerprint density at radius 2 is 1.65 bits per heavy atom. The van der Waals surface area contributed by atoms with Gasteiger partial charge >= 0.3 is 0 Å². The summed E-state index contributed by atoms with van der Waals surface area (Å²) >= 11 is 0. The van der Waals surface area contributed by atoms with Gasteiger partial charge in [-0.05, 0) is 31.2 Å². The summed E-state index contributed by atoms with van der Waals surface area (Å²) < 4.78 is 31.8. The van der Waals surface area contributed by atoms with Gasteiger partial charge in [-0.3, -0.25) is 0 Å². The van der Waals surface area contributed by atoms with Crippen molar-refractivity contribution in [2.75, 3.05) is 0 Å². The van der Waals surface area contributed by atoms with Crippen molar-refractivity contribution >= 4 is 11.0 Å². The molecule has 3 rings (SSSR count). The zero-order chi connectivity index (χ0) is 14.1. The number of aromatic nitrogens is 2. The molecule has 5 heteroatoms. The maximum absolute atomic E-state index is 13.6. The van der Waals surface area contributed by atoms with Gasteiger partial charge in [-0.25, -0.2) is 18.7 Å². The van der Waals surface area contributed by atoms with Crippen molar-refractivity contribution in [3.63, 3.8) is 0 Å². The van der Waals surface area contributed by atoms with Crippen molar-refractivity contribution in [2.45, 2.75) is 6.92 Å². The number of rotatable bonds is 2. The zero-order valence-electron chi connectivity index (χ0n) is 10.6. The molecule has 0 fully saturated rings. The third-order valence-electron chi connectivity index (χ3n) is 2.80. The molecule has 0 amide bonds. The second-order valence-electron chi connectivity index (χ2n) is 4.28. The largest absolute Gasteiger partial charge is 0.434 e. The highest BCUT2D eigenvalue weighted by molar-refractivity contribution is 5.74. The van der Waals surface area contributed by atoms with E-state index in [1.54, 1.807) is 13.0 Å². The Kier molecular flexibility index (Phi) is 3.02. The van der Waals surface area contributed by atoms with E-state index in [1.165, 1.54) is 6.07 Å². The summed E-state index contributed by atoms with van der Waals surface area (Å²) in [5.41, 5.74) is 1.92. The molecule has 100 valence electrons. The Labute approximate surface area is 113 Å². The first-order valence-electron chi connectivity index (χ1n) is 6.00. The summed E-state index contributed by atoms with van der Waals surface area (Å²) in [6.45, 7) is 1.72. The monoisotopic (exact) mass is 272 g/mol. The van der Waals surface area contributed by atoms with Crippen LogP contribution >= 0.6 is 0 Å². The standard InChI is InChI=1S/C15H10F2N2O/c1-9-15(19-13-5-3-2-4-12(13)18-9)20-14-7-6-10(16)8-11(14)17/h2-8H,1H3. The van der Waals surface area contributed by atoms with Crippen LogP contribution in [0.4, 0.5) is 8.78 Å². The smallest absolute Gasteiger partial charge is 0.241 e. The lowest BCUT2D eigenvalue weighted by atomic mass is 10.3. The Morgan fingerprint density at radius 1 is 0.950 bits per heavy atom. The Hall–Kier alpha value is -2.56. The first-order valence-corrected chi connectivity index (χ1v) is 6.00. The van der Waals surface area contributed by atoms with Crippen molar-refractivity contribution < 1.29 is 13.5 Å². The molecule has 20 heavy (non-hydrogen) atoms. The topological polar surface area (TPSA) is 35.0 Å². The molecular weight excluding hydrogens is 262 g/mol. The summed E-state index contributed by atoms with van der Waals surface area (Å²) in [6, 6.07) is 10.4. The van der Waals surface area contributed by atoms with E-state index in [9.17, 15) is 8.78 Å². The van der Waals surface area contributed by atoms with Crippen molar-refractivity contribution in [1.29, 1.82) is 0 Å². The van der Waals surface area contributed by atoms with Gasteiger partial charge in [0.2, 0.25) is 5.88 Å². The second-order valence-corrected chi connectivity index (χ2v) is 4.28. The number of halogens is 2. The highest BCUT2D eigenvalue weighted by atomic mass is 19.1. The molecule has 3 nitrogen and oxygen atoms in total. The van der Waals surface area contributed by atoms with Gasteiger partial charge in [0.05, 0.1) is 11.0 Å². The summed E-state index contributed by atoms with van der Waals surface area (Å²) in [5.74, 6) is -1.32. The van der Waals surface area contributed by atoms with Crippen LogP contribution in [0, 0.1) is 18.6 Å². The number of benzene rings is 2. The predicted octanol–water partition coefficient (Wildman–Crippen LogP) is 4.01. The van der Waals surface area contributed by atoms with E-state index < -0.39 is 11.6 Å². The van der Waals surface area contributed by atoms with E-state index in [2.05, 4.69) is 9.97 Å². The number of hydrogen-bond acceptors (Lipinski definition) is 3. The summed E-state index contributed by atoms with van der Waals surface area (Å²) in [7, 11) is 0. The van der Waals surface area contributed by atoms with Gasteiger partial charge in [0.1, 0.15) is 11.5 Å². The Bertz CT molecular complexity index is 790. The molecule has 0 bridgehead atoms. The average molecular weight is 272 g/mol. The van der Waals surface area contributed by atoms with Crippen LogP contribution < -0.4 is 4.74 Å². The maximum atomic E-state index is 13.6. The third kappa shape index (κ3) is 2.30. The number of ether oxygens (including phenoxy) is 1. The molecule has 3 aromatic rings. The van der Waals surface area contributed by atoms with Gasteiger partial charge < -0.3 is 4.74 Å². The zero-order valence-corrected chi connectivity index (χ0v) is 10.6. The molecule has 0 spiro atoms. The number of aryl methyl sites for hydroxylation is 1. The highest BCUT2D eigenvalue weighted by Crippen LogP contribution is 2.26. The van der Waals surface area contributed by atoms with E-state index in [1.807, 2.05) is 18.2 Å². The van der Waals surface area contributed by atoms with Crippen molar-refractivity contribution in [3.05, 3.63) is 59.8 Å². The van der Waals surface area contributed by atoms with E-state index in [-0.39, 0.29) is 11.6 Å². The number of hydrogen-bond donors (Lipinski definition) is 0. The molecule has 0 aliphatic rings. The lowest BCUT2D eigenvalue weighted by molar-refractivity contribution is 0.420. The van der Waals surface area contributed by atoms with Gasteiger partial charge in [0.15, 0.2) is 11.6 Å². The van der Waals surface area contributed by atoms with E-state index in [0.717, 1.165) is 17.6 Å². The first kappa shape index (κ1) is 12.5. The van der Waals surface area contributed by atoms with Crippen molar-refractivity contribution in [3.8, 4) is 11.6 Å². The number of nitrogens with zero attached hydrogens (tertiary/aromatic N) is 2. The van der Waals surface area contributed by atoms with Crippen LogP contribution in [0.15, 0.2) is 42.5 Å². The minimum Gasteiger partial charge on any atom is -0.434 e. The van der Waals surface area contributed by atoms with E-state index in [4.69, 9.17) is 4.74 Å². The molecule has 0 aliphatic carbocycles. The molecule has 1 heterocycles. The van der Waals surface area contributed by atoms with E-state index >= 15 is 0 Å². The minimum atomic E-state index is -0.778. The Balaban J connectivity index is 2.03. The lowest BCUT2D eigenvalue weighted by Crippen LogP contribution is -1.97. The molecule has 2 aromatic carbocycles. The predicted molar refractivity (Wildman–Crippen MR) is 70.7 cm³/mol. The lowest BCUT2D eigenvalue weighted by Gasteiger charge is -2.09. The Morgan fingerprint density at radius 3 is 2.35 bits per heavy atom. The molecular formula is C15H10F2N2O. The molecule has 0 unspecified atom stereocenters. The summed E-state index contributed by atoms with van der Waals surface area (Å²) in [5, 5.41) is 0. The quantitative estimate of drug-likeness (QED) is 0.707. The summed E-state index contributed by atoms with van der Waals surface area (Å²) in [4.78, 5) is 8.62. The molecule has 0 N–H and O–H groups in total. The average Bonchev–Trinajstić information content (AvgIpc) is 2.42. The van der Waals surface area contributed by atoms with Gasteiger partial charge in [-0.2, -0.15) is 0 Å². The first-order chi connectivity index (χ1) is 9.63. The highest BCUT2D eigenvalue weighted by Gasteiger charge is 2.11. The maximum Gasteiger partial charge on any atom is 0.241 e. The molecule has 0 radical (unpaired) electrons. The van der Waals surface area contributed by atoms with Crippen LogP contribution in [0.2, 0.25) is 0 Å². The van der Waals surface area contributed by atoms with Crippen LogP contribution in [0.1, 0.15) is 5.69 Å². The molecule has 0 saturated carbocycles. The number of para-hydroxylation sites is 2. The molecule has 0 atom stereocenters. The van der Waals surface area contributed by atoms with Crippen molar-refractivity contribution in [2.24, 2.45) is 0 Å². The van der Waals surface area contributed by atoms with Gasteiger partial charge in [0.25, 0.3) is 0 Å². The summed E-state index contributed by atoms with van der Waals surface area (Å²) in [6.07, 6.45) is 0. The van der Waals surface area contributed by atoms with Crippen LogP contribution in [0.5, 0.6) is 11.6 Å². The fourth-order valence-corrected chi connectivity index (χ4v) is 1.83.